The summed E-state index contributed by atoms with van der Waals surface area (Å²) in [5, 5.41) is -0.120. The van der Waals surface area contributed by atoms with Crippen molar-refractivity contribution in [1.82, 2.24) is 9.36 Å². The van der Waals surface area contributed by atoms with Crippen molar-refractivity contribution >= 4 is 45.9 Å². The van der Waals surface area contributed by atoms with Crippen LogP contribution in [0.1, 0.15) is 5.82 Å². The van der Waals surface area contributed by atoms with E-state index in [0.29, 0.717) is 11.0 Å². The molecule has 0 spiro atoms. The first-order valence-electron chi connectivity index (χ1n) is 2.45. The molecule has 1 heterocycles. The number of halogens is 2. The molecule has 0 radical (unpaired) electrons. The van der Waals surface area contributed by atoms with E-state index in [2.05, 4.69) is 9.36 Å². The number of anilines is 1. The highest BCUT2D eigenvalue weighted by Gasteiger charge is 2.04. The number of rotatable bonds is 2. The van der Waals surface area contributed by atoms with Gasteiger partial charge in [0.05, 0.1) is 6.42 Å². The fourth-order valence-electron chi connectivity index (χ4n) is 0.464. The minimum Gasteiger partial charge on any atom is -0.374 e. The van der Waals surface area contributed by atoms with Gasteiger partial charge in [0.15, 0.2) is 11.0 Å². The van der Waals surface area contributed by atoms with Gasteiger partial charge in [-0.05, 0) is 11.6 Å². The highest BCUT2D eigenvalue weighted by Crippen LogP contribution is 2.06. The summed E-state index contributed by atoms with van der Waals surface area (Å²) in [5.74, 6) is 0.391. The molecule has 0 saturated carbocycles. The summed E-state index contributed by atoms with van der Waals surface area (Å²) in [7, 11) is 0. The van der Waals surface area contributed by atoms with Gasteiger partial charge >= 0.3 is 0 Å². The van der Waals surface area contributed by atoms with Crippen molar-refractivity contribution in [3.8, 4) is 0 Å². The van der Waals surface area contributed by atoms with E-state index in [-0.39, 0.29) is 18.8 Å². The first-order valence-corrected chi connectivity index (χ1v) is 3.60. The topological polar surface area (TPSA) is 68.9 Å². The standard InChI is InChI=1S/C4H4ClN3OS.ClH/c5-2(9)1-3-7-4(6)10-8-3;/h1H2,(H2,6,7,8);1H. The zero-order valence-electron chi connectivity index (χ0n) is 5.28. The Morgan fingerprint density at radius 1 is 1.73 bits per heavy atom. The molecule has 0 aliphatic carbocycles. The molecule has 0 fully saturated rings. The number of carbonyl (C=O) groups is 1. The Hall–Kier alpha value is -0.390. The number of hydrogen-bond acceptors (Lipinski definition) is 5. The molecule has 0 aliphatic heterocycles. The maximum Gasteiger partial charge on any atom is 0.229 e. The summed E-state index contributed by atoms with van der Waals surface area (Å²) in [5.41, 5.74) is 5.24. The fraction of sp³-hybridized carbons (Fsp3) is 0.250. The number of aromatic nitrogens is 2. The van der Waals surface area contributed by atoms with Crippen LogP contribution < -0.4 is 5.73 Å². The quantitative estimate of drug-likeness (QED) is 0.741. The molecule has 1 aromatic rings. The van der Waals surface area contributed by atoms with Gasteiger partial charge in [-0.2, -0.15) is 4.37 Å². The van der Waals surface area contributed by atoms with Gasteiger partial charge in [-0.15, -0.1) is 12.4 Å². The molecule has 0 atom stereocenters. The van der Waals surface area contributed by atoms with Crippen LogP contribution in [-0.4, -0.2) is 14.6 Å². The van der Waals surface area contributed by atoms with Crippen LogP contribution in [0.3, 0.4) is 0 Å². The molecule has 0 aliphatic rings. The molecule has 62 valence electrons. The van der Waals surface area contributed by atoms with Crippen molar-refractivity contribution in [2.24, 2.45) is 0 Å². The van der Waals surface area contributed by atoms with Crippen LogP contribution in [0, 0.1) is 0 Å². The maximum atomic E-state index is 10.3. The van der Waals surface area contributed by atoms with Gasteiger partial charge in [0.1, 0.15) is 0 Å². The summed E-state index contributed by atoms with van der Waals surface area (Å²) in [6, 6.07) is 0. The number of hydrogen-bond donors (Lipinski definition) is 1. The number of nitrogens with two attached hydrogens (primary N) is 1. The predicted molar refractivity (Wildman–Crippen MR) is 46.1 cm³/mol. The van der Waals surface area contributed by atoms with E-state index in [4.69, 9.17) is 17.3 Å². The molecule has 0 bridgehead atoms. The number of carbonyl (C=O) groups excluding carboxylic acids is 1. The second-order valence-corrected chi connectivity index (χ2v) is 2.79. The van der Waals surface area contributed by atoms with E-state index >= 15 is 0 Å². The lowest BCUT2D eigenvalue weighted by molar-refractivity contribution is -0.111. The molecule has 4 nitrogen and oxygen atoms in total. The van der Waals surface area contributed by atoms with E-state index in [1.807, 2.05) is 0 Å². The summed E-state index contributed by atoms with van der Waals surface area (Å²) in [6.45, 7) is 0. The predicted octanol–water partition coefficient (Wildman–Crippen LogP) is 0.850. The minimum atomic E-state index is -0.474. The second-order valence-electron chi connectivity index (χ2n) is 1.58. The first-order chi connectivity index (χ1) is 4.68. The van der Waals surface area contributed by atoms with Gasteiger partial charge in [-0.1, -0.05) is 0 Å². The largest absolute Gasteiger partial charge is 0.374 e. The molecule has 1 aromatic heterocycles. The Morgan fingerprint density at radius 2 is 2.36 bits per heavy atom. The van der Waals surface area contributed by atoms with Crippen LogP contribution in [0.5, 0.6) is 0 Å². The van der Waals surface area contributed by atoms with E-state index < -0.39 is 5.24 Å². The Labute approximate surface area is 78.3 Å². The fourth-order valence-corrected chi connectivity index (χ4v) is 1.03. The van der Waals surface area contributed by atoms with E-state index in [0.717, 1.165) is 11.5 Å². The lowest BCUT2D eigenvalue weighted by Gasteiger charge is -1.82. The smallest absolute Gasteiger partial charge is 0.229 e. The molecule has 1 rings (SSSR count). The molecule has 2 N–H and O–H groups in total. The lowest BCUT2D eigenvalue weighted by Crippen LogP contribution is -1.95. The summed E-state index contributed by atoms with van der Waals surface area (Å²) >= 11 is 6.12. The average Bonchev–Trinajstić information content (AvgIpc) is 2.13. The Morgan fingerprint density at radius 3 is 2.73 bits per heavy atom. The van der Waals surface area contributed by atoms with Crippen LogP contribution in [-0.2, 0) is 11.2 Å². The normalized spacial score (nSPS) is 8.82. The molecule has 0 aromatic carbocycles. The van der Waals surface area contributed by atoms with Crippen molar-refractivity contribution < 1.29 is 4.79 Å². The van der Waals surface area contributed by atoms with Crippen LogP contribution >= 0.6 is 35.5 Å². The Balaban J connectivity index is 0.000001000. The minimum absolute atomic E-state index is 0. The Bertz CT molecular complexity index is 251. The zero-order valence-corrected chi connectivity index (χ0v) is 7.67. The van der Waals surface area contributed by atoms with Crippen molar-refractivity contribution in [2.75, 3.05) is 5.73 Å². The summed E-state index contributed by atoms with van der Waals surface area (Å²) < 4.78 is 3.76. The van der Waals surface area contributed by atoms with Crippen molar-refractivity contribution in [3.05, 3.63) is 5.82 Å². The summed E-state index contributed by atoms with van der Waals surface area (Å²) in [4.78, 5) is 14.0. The van der Waals surface area contributed by atoms with Crippen molar-refractivity contribution in [1.29, 1.82) is 0 Å². The molecular formula is C4H5Cl2N3OS. The van der Waals surface area contributed by atoms with E-state index in [1.165, 1.54) is 0 Å². The third kappa shape index (κ3) is 3.50. The molecule has 7 heteroatoms. The highest BCUT2D eigenvalue weighted by molar-refractivity contribution is 7.09. The van der Waals surface area contributed by atoms with Crippen LogP contribution in [0.4, 0.5) is 5.13 Å². The van der Waals surface area contributed by atoms with Gasteiger partial charge in [0, 0.05) is 11.5 Å². The van der Waals surface area contributed by atoms with Crippen LogP contribution in [0.2, 0.25) is 0 Å². The van der Waals surface area contributed by atoms with E-state index in [1.54, 1.807) is 0 Å². The Kier molecular flexibility index (Phi) is 4.32. The van der Waals surface area contributed by atoms with Crippen LogP contribution in [0.15, 0.2) is 0 Å². The zero-order chi connectivity index (χ0) is 7.56. The molecule has 11 heavy (non-hydrogen) atoms. The molecule has 0 unspecified atom stereocenters. The third-order valence-corrected chi connectivity index (χ3v) is 1.49. The SMILES string of the molecule is Cl.Nc1nc(CC(=O)Cl)ns1. The van der Waals surface area contributed by atoms with Gasteiger partial charge in [0.2, 0.25) is 5.24 Å². The van der Waals surface area contributed by atoms with Gasteiger partial charge in [-0.25, -0.2) is 4.98 Å². The van der Waals surface area contributed by atoms with Gasteiger partial charge in [0.25, 0.3) is 0 Å². The lowest BCUT2D eigenvalue weighted by atomic mass is 10.4. The van der Waals surface area contributed by atoms with Gasteiger partial charge < -0.3 is 5.73 Å². The van der Waals surface area contributed by atoms with Crippen molar-refractivity contribution in [2.45, 2.75) is 6.42 Å². The molecule has 0 saturated heterocycles. The molecule has 0 amide bonds. The molecular weight excluding hydrogens is 209 g/mol. The second kappa shape index (κ2) is 4.48. The third-order valence-electron chi connectivity index (χ3n) is 0.781. The highest BCUT2D eigenvalue weighted by atomic mass is 35.5. The number of nitrogen functional groups attached to an aromatic ring is 1. The maximum absolute atomic E-state index is 10.3. The van der Waals surface area contributed by atoms with Gasteiger partial charge in [-0.3, -0.25) is 4.79 Å². The van der Waals surface area contributed by atoms with Crippen molar-refractivity contribution in [3.63, 3.8) is 0 Å². The average molecular weight is 214 g/mol. The summed E-state index contributed by atoms with van der Waals surface area (Å²) in [6.07, 6.45) is 0.0508. The first kappa shape index (κ1) is 10.6. The number of nitrogens with zero attached hydrogens (tertiary/aromatic N) is 2. The van der Waals surface area contributed by atoms with E-state index in [9.17, 15) is 4.79 Å². The monoisotopic (exact) mass is 213 g/mol. The van der Waals surface area contributed by atoms with Crippen LogP contribution in [0.25, 0.3) is 0 Å².